The van der Waals surface area contributed by atoms with Gasteiger partial charge in [-0.1, -0.05) is 43.9 Å². The molecule has 1 aliphatic carbocycles. The standard InChI is InChI=1S/C16H20ClFO2/c1-2-11-5-4-8-16(9-11,15(19)20)10-12-13(17)6-3-7-14(12)18/h3,6-7,11H,2,4-5,8-10H2,1H3,(H,19,20). The summed E-state index contributed by atoms with van der Waals surface area (Å²) in [7, 11) is 0. The molecule has 1 fully saturated rings. The molecule has 0 aliphatic heterocycles. The van der Waals surface area contributed by atoms with Crippen molar-refractivity contribution in [1.29, 1.82) is 0 Å². The van der Waals surface area contributed by atoms with Crippen molar-refractivity contribution in [2.24, 2.45) is 11.3 Å². The lowest BCUT2D eigenvalue weighted by Crippen LogP contribution is -2.38. The van der Waals surface area contributed by atoms with Gasteiger partial charge in [-0.05, 0) is 37.3 Å². The number of halogens is 2. The minimum atomic E-state index is -0.870. The molecule has 110 valence electrons. The Labute approximate surface area is 123 Å². The molecule has 0 saturated heterocycles. The van der Waals surface area contributed by atoms with E-state index in [0.29, 0.717) is 29.3 Å². The van der Waals surface area contributed by atoms with Crippen molar-refractivity contribution >= 4 is 17.6 Å². The lowest BCUT2D eigenvalue weighted by atomic mass is 9.66. The lowest BCUT2D eigenvalue weighted by molar-refractivity contribution is -0.152. The molecule has 0 aromatic heterocycles. The summed E-state index contributed by atoms with van der Waals surface area (Å²) in [5.41, 5.74) is -0.529. The van der Waals surface area contributed by atoms with Crippen LogP contribution in [0.5, 0.6) is 0 Å². The molecular formula is C16H20ClFO2. The first-order valence-corrected chi connectivity index (χ1v) is 7.52. The van der Waals surface area contributed by atoms with E-state index >= 15 is 0 Å². The summed E-state index contributed by atoms with van der Waals surface area (Å²) in [6.07, 6.45) is 4.32. The molecule has 0 heterocycles. The van der Waals surface area contributed by atoms with E-state index in [1.54, 1.807) is 12.1 Å². The van der Waals surface area contributed by atoms with E-state index in [9.17, 15) is 14.3 Å². The molecule has 2 rings (SSSR count). The molecule has 0 amide bonds. The van der Waals surface area contributed by atoms with E-state index in [0.717, 1.165) is 19.3 Å². The number of carbonyl (C=O) groups is 1. The van der Waals surface area contributed by atoms with Gasteiger partial charge < -0.3 is 5.11 Å². The van der Waals surface area contributed by atoms with Crippen molar-refractivity contribution in [3.05, 3.63) is 34.6 Å². The third kappa shape index (κ3) is 2.98. The Hall–Kier alpha value is -1.09. The summed E-state index contributed by atoms with van der Waals surface area (Å²) in [6, 6.07) is 4.51. The molecule has 1 aromatic carbocycles. The van der Waals surface area contributed by atoms with Crippen LogP contribution in [-0.4, -0.2) is 11.1 Å². The predicted octanol–water partition coefficient (Wildman–Crippen LogP) is 4.69. The van der Waals surface area contributed by atoms with Gasteiger partial charge in [0.05, 0.1) is 5.41 Å². The Morgan fingerprint density at radius 1 is 1.55 bits per heavy atom. The average Bonchev–Trinajstić information content (AvgIpc) is 2.43. The number of benzene rings is 1. The van der Waals surface area contributed by atoms with Gasteiger partial charge in [-0.15, -0.1) is 0 Å². The number of hydrogen-bond donors (Lipinski definition) is 1. The van der Waals surface area contributed by atoms with Crippen LogP contribution in [0.3, 0.4) is 0 Å². The average molecular weight is 299 g/mol. The van der Waals surface area contributed by atoms with E-state index in [1.807, 2.05) is 0 Å². The van der Waals surface area contributed by atoms with Crippen LogP contribution < -0.4 is 0 Å². The van der Waals surface area contributed by atoms with E-state index < -0.39 is 17.2 Å². The molecule has 1 aliphatic rings. The molecule has 0 radical (unpaired) electrons. The molecule has 20 heavy (non-hydrogen) atoms. The second kappa shape index (κ2) is 6.13. The highest BCUT2D eigenvalue weighted by molar-refractivity contribution is 6.31. The highest BCUT2D eigenvalue weighted by Gasteiger charge is 2.43. The fourth-order valence-electron chi connectivity index (χ4n) is 3.30. The number of carboxylic acid groups (broad SMARTS) is 1. The Morgan fingerprint density at radius 3 is 2.90 bits per heavy atom. The predicted molar refractivity (Wildman–Crippen MR) is 77.4 cm³/mol. The van der Waals surface area contributed by atoms with Gasteiger partial charge in [0.2, 0.25) is 0 Å². The zero-order valence-corrected chi connectivity index (χ0v) is 12.4. The van der Waals surface area contributed by atoms with Crippen LogP contribution in [0.15, 0.2) is 18.2 Å². The third-order valence-corrected chi connectivity index (χ3v) is 4.91. The summed E-state index contributed by atoms with van der Waals surface area (Å²) in [6.45, 7) is 2.08. The molecule has 1 N–H and O–H groups in total. The molecule has 2 atom stereocenters. The first kappa shape index (κ1) is 15.3. The zero-order chi connectivity index (χ0) is 14.8. The van der Waals surface area contributed by atoms with Gasteiger partial charge in [-0.2, -0.15) is 0 Å². The quantitative estimate of drug-likeness (QED) is 0.875. The van der Waals surface area contributed by atoms with Gasteiger partial charge in [0.15, 0.2) is 0 Å². The van der Waals surface area contributed by atoms with Crippen LogP contribution in [0.25, 0.3) is 0 Å². The van der Waals surface area contributed by atoms with E-state index in [1.165, 1.54) is 6.07 Å². The fourth-order valence-corrected chi connectivity index (χ4v) is 3.53. The smallest absolute Gasteiger partial charge is 0.309 e. The summed E-state index contributed by atoms with van der Waals surface area (Å²) in [5.74, 6) is -0.822. The van der Waals surface area contributed by atoms with Gasteiger partial charge in [0.1, 0.15) is 5.82 Å². The Balaban J connectivity index is 2.32. The first-order valence-electron chi connectivity index (χ1n) is 7.15. The Kier molecular flexibility index (Phi) is 4.69. The molecule has 2 unspecified atom stereocenters. The highest BCUT2D eigenvalue weighted by atomic mass is 35.5. The number of hydrogen-bond acceptors (Lipinski definition) is 1. The van der Waals surface area contributed by atoms with Crippen molar-refractivity contribution in [1.82, 2.24) is 0 Å². The topological polar surface area (TPSA) is 37.3 Å². The van der Waals surface area contributed by atoms with Gasteiger partial charge in [-0.25, -0.2) is 4.39 Å². The molecular weight excluding hydrogens is 279 g/mol. The minimum absolute atomic E-state index is 0.185. The van der Waals surface area contributed by atoms with Crippen molar-refractivity contribution in [2.75, 3.05) is 0 Å². The van der Waals surface area contributed by atoms with E-state index in [2.05, 4.69) is 6.92 Å². The SMILES string of the molecule is CCC1CCCC(Cc2c(F)cccc2Cl)(C(=O)O)C1. The summed E-state index contributed by atoms with van der Waals surface area (Å²) < 4.78 is 13.9. The van der Waals surface area contributed by atoms with E-state index in [4.69, 9.17) is 11.6 Å². The van der Waals surface area contributed by atoms with Crippen LogP contribution >= 0.6 is 11.6 Å². The van der Waals surface area contributed by atoms with Crippen molar-refractivity contribution in [3.8, 4) is 0 Å². The second-order valence-corrected chi connectivity index (χ2v) is 6.24. The maximum absolute atomic E-state index is 13.9. The van der Waals surface area contributed by atoms with Crippen LogP contribution in [0.2, 0.25) is 5.02 Å². The monoisotopic (exact) mass is 298 g/mol. The molecule has 0 bridgehead atoms. The third-order valence-electron chi connectivity index (χ3n) is 4.55. The van der Waals surface area contributed by atoms with Crippen molar-refractivity contribution < 1.29 is 14.3 Å². The van der Waals surface area contributed by atoms with Gasteiger partial charge in [0.25, 0.3) is 0 Å². The van der Waals surface area contributed by atoms with Crippen LogP contribution in [0.1, 0.15) is 44.6 Å². The summed E-state index contributed by atoms with van der Waals surface area (Å²) >= 11 is 6.05. The normalized spacial score (nSPS) is 26.4. The highest BCUT2D eigenvalue weighted by Crippen LogP contribution is 2.44. The van der Waals surface area contributed by atoms with Crippen LogP contribution in [0, 0.1) is 17.2 Å². The Bertz CT molecular complexity index is 483. The number of carboxylic acids is 1. The molecule has 1 aromatic rings. The number of rotatable bonds is 4. The molecule has 0 spiro atoms. The molecule has 4 heteroatoms. The molecule has 2 nitrogen and oxygen atoms in total. The van der Waals surface area contributed by atoms with Gasteiger partial charge >= 0.3 is 5.97 Å². The minimum Gasteiger partial charge on any atom is -0.481 e. The van der Waals surface area contributed by atoms with Crippen molar-refractivity contribution in [2.45, 2.75) is 45.4 Å². The lowest BCUT2D eigenvalue weighted by Gasteiger charge is -2.37. The van der Waals surface area contributed by atoms with Crippen LogP contribution in [-0.2, 0) is 11.2 Å². The summed E-state index contributed by atoms with van der Waals surface area (Å²) in [4.78, 5) is 11.8. The van der Waals surface area contributed by atoms with Crippen LogP contribution in [0.4, 0.5) is 4.39 Å². The maximum atomic E-state index is 13.9. The van der Waals surface area contributed by atoms with Gasteiger partial charge in [-0.3, -0.25) is 4.79 Å². The summed E-state index contributed by atoms with van der Waals surface area (Å²) in [5, 5.41) is 10.0. The second-order valence-electron chi connectivity index (χ2n) is 5.83. The molecule has 1 saturated carbocycles. The Morgan fingerprint density at radius 2 is 2.30 bits per heavy atom. The zero-order valence-electron chi connectivity index (χ0n) is 11.7. The fraction of sp³-hybridized carbons (Fsp3) is 0.562. The van der Waals surface area contributed by atoms with Gasteiger partial charge in [0, 0.05) is 10.6 Å². The first-order chi connectivity index (χ1) is 9.48. The number of aliphatic carboxylic acids is 1. The van der Waals surface area contributed by atoms with E-state index in [-0.39, 0.29) is 6.42 Å². The van der Waals surface area contributed by atoms with Crippen molar-refractivity contribution in [3.63, 3.8) is 0 Å². The maximum Gasteiger partial charge on any atom is 0.309 e. The largest absolute Gasteiger partial charge is 0.481 e.